The third kappa shape index (κ3) is 22.1. The van der Waals surface area contributed by atoms with E-state index in [0.29, 0.717) is 82.4 Å². The topological polar surface area (TPSA) is 254 Å². The summed E-state index contributed by atoms with van der Waals surface area (Å²) in [6, 6.07) is 29.1. The molecule has 8 aromatic rings. The van der Waals surface area contributed by atoms with Crippen molar-refractivity contribution in [3.63, 3.8) is 0 Å². The second-order valence-corrected chi connectivity index (χ2v) is 22.5. The molecule has 0 saturated carbocycles. The Morgan fingerprint density at radius 2 is 0.860 bits per heavy atom. The van der Waals surface area contributed by atoms with Crippen LogP contribution < -0.4 is 58.3 Å². The molecule has 19 heteroatoms. The number of rotatable bonds is 19. The van der Waals surface area contributed by atoms with Crippen molar-refractivity contribution in [3.8, 4) is 34.5 Å². The van der Waals surface area contributed by atoms with E-state index in [-0.39, 0.29) is 43.6 Å². The van der Waals surface area contributed by atoms with Gasteiger partial charge in [0.25, 0.3) is 5.91 Å². The molecule has 18 nitrogen and oxygen atoms in total. The first-order valence-corrected chi connectivity index (χ1v) is 29.4. The number of carbonyl (C=O) groups excluding carboxylic acids is 1. The molecule has 0 spiro atoms. The number of methoxy groups -OCH3 is 6. The van der Waals surface area contributed by atoms with Gasteiger partial charge in [0, 0.05) is 56.7 Å². The quantitative estimate of drug-likeness (QED) is 0.0286. The van der Waals surface area contributed by atoms with Crippen LogP contribution in [0.2, 0.25) is 0 Å². The summed E-state index contributed by atoms with van der Waals surface area (Å²) in [4.78, 5) is 34.5. The molecule has 9 rings (SSSR count). The summed E-state index contributed by atoms with van der Waals surface area (Å²) in [5.74, 6) is 2.71. The van der Waals surface area contributed by atoms with Crippen molar-refractivity contribution in [1.29, 1.82) is 0 Å². The second kappa shape index (κ2) is 36.3. The Morgan fingerprint density at radius 1 is 0.516 bits per heavy atom. The monoisotopic (exact) mass is 1270 g/mol. The number of nitrogen functional groups attached to an aromatic ring is 1. The van der Waals surface area contributed by atoms with Crippen LogP contribution in [0.1, 0.15) is 156 Å². The number of carboxylic acids is 2. The molecular weight excluding hydrogens is 1180 g/mol. The Labute approximate surface area is 559 Å². The van der Waals surface area contributed by atoms with Gasteiger partial charge in [-0.05, 0) is 185 Å². The Balaban J connectivity index is 0.000000325. The third-order valence-corrected chi connectivity index (χ3v) is 14.9. The van der Waals surface area contributed by atoms with Gasteiger partial charge in [0.2, 0.25) is 11.5 Å². The van der Waals surface area contributed by atoms with E-state index in [9.17, 15) is 19.5 Å². The van der Waals surface area contributed by atoms with Crippen molar-refractivity contribution in [3.05, 3.63) is 219 Å². The molecule has 4 heterocycles. The van der Waals surface area contributed by atoms with Crippen LogP contribution in [0.15, 0.2) is 123 Å². The van der Waals surface area contributed by atoms with Crippen molar-refractivity contribution < 1.29 is 95.0 Å². The zero-order valence-corrected chi connectivity index (χ0v) is 57.3. The van der Waals surface area contributed by atoms with Gasteiger partial charge in [0.1, 0.15) is 63.2 Å². The van der Waals surface area contributed by atoms with Crippen LogP contribution in [-0.4, -0.2) is 89.0 Å². The van der Waals surface area contributed by atoms with E-state index in [1.807, 2.05) is 52.8 Å². The van der Waals surface area contributed by atoms with Gasteiger partial charge in [-0.2, -0.15) is 0 Å². The number of amides is 1. The fraction of sp³-hybridized carbons (Fsp3) is 0.324. The van der Waals surface area contributed by atoms with Crippen molar-refractivity contribution in [2.75, 3.05) is 66.9 Å². The molecule has 5 aromatic carbocycles. The standard InChI is InChI=1S/C26H29NO5.C17H20O4.C17H18O3.C9H13NO3.C4H8O.CH3.Li/c1-15(2)21-12-18(16(3)10-17(21)4)11-19-8-9-22(32-19)26(28)27-25-23(30-6)13-20(29-5)14-24(25)31-7;1-10-7-11(2)14(17(3,4)20)9-12(10)8-13-5-6-15(21-13)16(18)19;1-10(2)15-9-13(11(3)7-12(15)4)8-14-5-6-16(20-14)17(18)19;1-11-6-4-7(12-2)9(10)8(5-6)13-3;1-2-4-5-3-1;;/h8-10,12-14H,1,11H2,2-7H3,(H,27,28);5-7,9,20H,8H2,1-4H3,(H,18,19);5-7,9H,1,8H2,2-4H3,(H,18,19);4-5H,10H2,1-3H3;1-4H2;1H3;/q;;;;;-1;+1. The Hall–Kier alpha value is -9.05. The number of nitrogens with one attached hydrogen (secondary N) is 1. The third-order valence-electron chi connectivity index (χ3n) is 14.9. The second-order valence-electron chi connectivity index (χ2n) is 22.5. The Morgan fingerprint density at radius 3 is 1.17 bits per heavy atom. The van der Waals surface area contributed by atoms with Crippen LogP contribution >= 0.6 is 0 Å². The average molecular weight is 1270 g/mol. The molecule has 93 heavy (non-hydrogen) atoms. The van der Waals surface area contributed by atoms with Crippen molar-refractivity contribution in [2.45, 2.75) is 107 Å². The van der Waals surface area contributed by atoms with Crippen molar-refractivity contribution in [2.24, 2.45) is 0 Å². The van der Waals surface area contributed by atoms with Gasteiger partial charge in [-0.25, -0.2) is 9.59 Å². The van der Waals surface area contributed by atoms with Gasteiger partial charge in [0.05, 0.1) is 48.3 Å². The van der Waals surface area contributed by atoms with E-state index in [1.165, 1.54) is 61.4 Å². The van der Waals surface area contributed by atoms with E-state index in [1.54, 1.807) is 84.8 Å². The van der Waals surface area contributed by atoms with E-state index in [0.717, 1.165) is 68.9 Å². The molecule has 0 unspecified atom stereocenters. The number of nitrogens with two attached hydrogens (primary N) is 1. The van der Waals surface area contributed by atoms with Gasteiger partial charge in [-0.1, -0.05) is 60.7 Å². The number of aliphatic hydroxyl groups is 1. The molecule has 0 bridgehead atoms. The summed E-state index contributed by atoms with van der Waals surface area (Å²) in [6.45, 7) is 29.8. The summed E-state index contributed by atoms with van der Waals surface area (Å²) in [7, 11) is 9.24. The van der Waals surface area contributed by atoms with Gasteiger partial charge < -0.3 is 80.2 Å². The zero-order chi connectivity index (χ0) is 67.4. The van der Waals surface area contributed by atoms with Crippen molar-refractivity contribution >= 4 is 40.4 Å². The molecule has 1 aliphatic rings. The summed E-state index contributed by atoms with van der Waals surface area (Å²) < 4.78 is 52.6. The molecule has 1 aliphatic heterocycles. The van der Waals surface area contributed by atoms with E-state index >= 15 is 0 Å². The van der Waals surface area contributed by atoms with Gasteiger partial charge in [-0.3, -0.25) is 4.79 Å². The number of anilines is 2. The maximum Gasteiger partial charge on any atom is 1.00 e. The first-order valence-electron chi connectivity index (χ1n) is 29.4. The predicted octanol–water partition coefficient (Wildman–Crippen LogP) is 13.0. The number of furan rings is 3. The first-order chi connectivity index (χ1) is 43.0. The van der Waals surface area contributed by atoms with E-state index in [4.69, 9.17) is 62.4 Å². The SMILES string of the molecule is C1CCOC1.C=C(C)c1cc(Cc2ccc(C(=O)Nc3c(OC)cc(OC)cc3OC)o2)c(C)cc1C.C=C(C)c1cc(Cc2ccc(C(=O)O)o2)c(C)cc1C.COc1cc(OC)c(N)c(OC)c1.Cc1cc(C)c(C(C)(C)O)cc1Cc1ccc(C(=O)O)o1.[CH3-].[Li+]. The fourth-order valence-electron chi connectivity index (χ4n) is 10.0. The minimum absolute atomic E-state index is 0. The van der Waals surface area contributed by atoms with Crippen LogP contribution in [-0.2, 0) is 29.6 Å². The maximum absolute atomic E-state index is 12.9. The number of aromatic carboxylic acids is 2. The molecule has 0 radical (unpaired) electrons. The predicted molar refractivity (Wildman–Crippen MR) is 362 cm³/mol. The summed E-state index contributed by atoms with van der Waals surface area (Å²) >= 11 is 0. The summed E-state index contributed by atoms with van der Waals surface area (Å²) in [5.41, 5.74) is 21.0. The smallest absolute Gasteiger partial charge is 0.496 e. The van der Waals surface area contributed by atoms with Crippen LogP contribution in [0.25, 0.3) is 11.1 Å². The molecule has 6 N–H and O–H groups in total. The minimum Gasteiger partial charge on any atom is -0.496 e. The number of ether oxygens (including phenoxy) is 7. The van der Waals surface area contributed by atoms with E-state index < -0.39 is 23.4 Å². The first kappa shape index (κ1) is 78.2. The van der Waals surface area contributed by atoms with Crippen LogP contribution in [0.5, 0.6) is 34.5 Å². The Bertz CT molecular complexity index is 3780. The van der Waals surface area contributed by atoms with Crippen LogP contribution in [0.3, 0.4) is 0 Å². The number of carboxylic acid groups (broad SMARTS) is 2. The fourth-order valence-corrected chi connectivity index (χ4v) is 10.0. The number of hydrogen-bond donors (Lipinski definition) is 5. The van der Waals surface area contributed by atoms with Gasteiger partial charge in [-0.15, -0.1) is 0 Å². The number of allylic oxidation sites excluding steroid dienone is 2. The largest absolute Gasteiger partial charge is 1.00 e. The van der Waals surface area contributed by atoms with Gasteiger partial charge in [0.15, 0.2) is 5.76 Å². The number of benzene rings is 5. The normalized spacial score (nSPS) is 11.2. The van der Waals surface area contributed by atoms with Gasteiger partial charge >= 0.3 is 30.8 Å². The van der Waals surface area contributed by atoms with E-state index in [2.05, 4.69) is 63.5 Å². The van der Waals surface area contributed by atoms with Crippen molar-refractivity contribution in [1.82, 2.24) is 0 Å². The maximum atomic E-state index is 12.9. The number of carbonyl (C=O) groups is 3. The summed E-state index contributed by atoms with van der Waals surface area (Å²) in [6.07, 6.45) is 4.22. The molecular formula is C74H91LiN2O16. The molecule has 494 valence electrons. The summed E-state index contributed by atoms with van der Waals surface area (Å²) in [5, 5.41) is 30.8. The molecule has 1 fully saturated rings. The zero-order valence-electron chi connectivity index (χ0n) is 57.3. The number of aryl methyl sites for hydroxylation is 6. The molecule has 1 saturated heterocycles. The minimum atomic E-state index is -1.07. The molecule has 0 aliphatic carbocycles. The van der Waals surface area contributed by atoms with Crippen LogP contribution in [0.4, 0.5) is 11.4 Å². The Kier molecular flexibility index (Phi) is 30.5. The molecule has 1 amide bonds. The average Bonchev–Trinajstić information content (AvgIpc) is 1.72. The molecule has 0 atom stereocenters. The van der Waals surface area contributed by atoms with Crippen LogP contribution in [0, 0.1) is 49.0 Å². The molecule has 3 aromatic heterocycles. The number of hydrogen-bond acceptors (Lipinski definition) is 15.